The number of nitrogens with zero attached hydrogens (tertiary/aromatic N) is 2. The Labute approximate surface area is 139 Å². The van der Waals surface area contributed by atoms with Crippen molar-refractivity contribution >= 4 is 0 Å². The number of phenolic OH excluding ortho intramolecular Hbond substituents is 3. The maximum atomic E-state index is 9.82. The Kier molecular flexibility index (Phi) is 4.04. The number of aromatic hydroxyl groups is 3. The van der Waals surface area contributed by atoms with Gasteiger partial charge in [0.2, 0.25) is 0 Å². The predicted octanol–water partition coefficient (Wildman–Crippen LogP) is 3.27. The normalized spacial score (nSPS) is 10.8. The van der Waals surface area contributed by atoms with Crippen molar-refractivity contribution in [1.29, 1.82) is 0 Å². The van der Waals surface area contributed by atoms with Crippen molar-refractivity contribution in [3.05, 3.63) is 42.5 Å². The van der Waals surface area contributed by atoms with Gasteiger partial charge in [-0.15, -0.1) is 0 Å². The summed E-state index contributed by atoms with van der Waals surface area (Å²) in [6, 6.07) is 11.6. The highest BCUT2D eigenvalue weighted by atomic mass is 16.5. The largest absolute Gasteiger partial charge is 0.504 e. The molecule has 3 N–H and O–H groups in total. The Morgan fingerprint density at radius 3 is 2.33 bits per heavy atom. The Bertz CT molecular complexity index is 887. The first-order chi connectivity index (χ1) is 11.5. The van der Waals surface area contributed by atoms with Gasteiger partial charge in [0.25, 0.3) is 0 Å². The molecule has 0 aliphatic carbocycles. The number of aryl methyl sites for hydroxylation is 1. The molecule has 0 radical (unpaired) electrons. The van der Waals surface area contributed by atoms with Gasteiger partial charge in [-0.1, -0.05) is 0 Å². The summed E-state index contributed by atoms with van der Waals surface area (Å²) < 4.78 is 7.13. The van der Waals surface area contributed by atoms with Crippen molar-refractivity contribution in [3.63, 3.8) is 0 Å². The second-order valence-corrected chi connectivity index (χ2v) is 5.36. The predicted molar refractivity (Wildman–Crippen MR) is 90.2 cm³/mol. The highest BCUT2D eigenvalue weighted by molar-refractivity contribution is 5.71. The minimum absolute atomic E-state index is 0.0893. The standard InChI is InChI=1S/C18H18N2O4/c1-3-24-18-9-12(5-7-16(18)22)14-10-13(19-20(14)2)11-4-6-15(21)17(23)8-11/h4-10,21-23H,3H2,1-2H3. The van der Waals surface area contributed by atoms with Crippen LogP contribution in [0.4, 0.5) is 0 Å². The van der Waals surface area contributed by atoms with Crippen LogP contribution in [0.15, 0.2) is 42.5 Å². The van der Waals surface area contributed by atoms with E-state index < -0.39 is 0 Å². The molecular weight excluding hydrogens is 308 g/mol. The number of rotatable bonds is 4. The molecule has 0 saturated carbocycles. The van der Waals surface area contributed by atoms with Gasteiger partial charge in [0.1, 0.15) is 0 Å². The first-order valence-corrected chi connectivity index (χ1v) is 7.52. The van der Waals surface area contributed by atoms with Crippen LogP contribution in [0.5, 0.6) is 23.0 Å². The maximum Gasteiger partial charge on any atom is 0.161 e. The van der Waals surface area contributed by atoms with Crippen molar-refractivity contribution in [2.45, 2.75) is 6.92 Å². The third-order valence-corrected chi connectivity index (χ3v) is 3.71. The van der Waals surface area contributed by atoms with Crippen molar-refractivity contribution in [3.8, 4) is 45.5 Å². The van der Waals surface area contributed by atoms with Crippen LogP contribution in [0.1, 0.15) is 6.92 Å². The van der Waals surface area contributed by atoms with E-state index in [1.54, 1.807) is 28.9 Å². The van der Waals surface area contributed by atoms with E-state index in [0.717, 1.165) is 11.3 Å². The maximum absolute atomic E-state index is 9.82. The zero-order valence-corrected chi connectivity index (χ0v) is 13.4. The molecule has 6 heteroatoms. The molecule has 0 unspecified atom stereocenters. The molecule has 24 heavy (non-hydrogen) atoms. The number of hydrogen-bond donors (Lipinski definition) is 3. The molecular formula is C18H18N2O4. The molecule has 3 aromatic rings. The molecule has 0 fully saturated rings. The molecule has 1 aromatic heterocycles. The molecule has 0 aliphatic rings. The fraction of sp³-hybridized carbons (Fsp3) is 0.167. The smallest absolute Gasteiger partial charge is 0.161 e. The van der Waals surface area contributed by atoms with E-state index in [0.29, 0.717) is 23.6 Å². The van der Waals surface area contributed by atoms with Gasteiger partial charge in [0, 0.05) is 18.2 Å². The molecule has 1 heterocycles. The monoisotopic (exact) mass is 326 g/mol. The number of phenols is 3. The summed E-state index contributed by atoms with van der Waals surface area (Å²) in [6.07, 6.45) is 0. The van der Waals surface area contributed by atoms with E-state index in [1.807, 2.05) is 20.0 Å². The Balaban J connectivity index is 2.03. The van der Waals surface area contributed by atoms with Gasteiger partial charge in [-0.05, 0) is 49.4 Å². The summed E-state index contributed by atoms with van der Waals surface area (Å²) in [5, 5.41) is 33.3. The molecule has 0 spiro atoms. The molecule has 2 aromatic carbocycles. The highest BCUT2D eigenvalue weighted by Crippen LogP contribution is 2.34. The number of hydrogen-bond acceptors (Lipinski definition) is 5. The third kappa shape index (κ3) is 2.86. The number of benzene rings is 2. The quantitative estimate of drug-likeness (QED) is 0.641. The van der Waals surface area contributed by atoms with Crippen LogP contribution >= 0.6 is 0 Å². The first-order valence-electron chi connectivity index (χ1n) is 7.52. The topological polar surface area (TPSA) is 87.7 Å². The molecule has 3 rings (SSSR count). The van der Waals surface area contributed by atoms with Crippen LogP contribution in [0, 0.1) is 0 Å². The van der Waals surface area contributed by atoms with Gasteiger partial charge >= 0.3 is 0 Å². The summed E-state index contributed by atoms with van der Waals surface area (Å²) in [7, 11) is 1.81. The second kappa shape index (κ2) is 6.16. The Hall–Kier alpha value is -3.15. The van der Waals surface area contributed by atoms with Crippen LogP contribution in [0.2, 0.25) is 0 Å². The fourth-order valence-electron chi connectivity index (χ4n) is 2.51. The van der Waals surface area contributed by atoms with Crippen molar-refractivity contribution in [2.75, 3.05) is 6.61 Å². The molecule has 124 valence electrons. The molecule has 0 amide bonds. The average Bonchev–Trinajstić information content (AvgIpc) is 2.94. The SMILES string of the molecule is CCOc1cc(-c2cc(-c3ccc(O)c(O)c3)nn2C)ccc1O. The van der Waals surface area contributed by atoms with Crippen molar-refractivity contribution in [1.82, 2.24) is 9.78 Å². The lowest BCUT2D eigenvalue weighted by atomic mass is 10.1. The third-order valence-electron chi connectivity index (χ3n) is 3.71. The van der Waals surface area contributed by atoms with E-state index in [9.17, 15) is 15.3 Å². The molecule has 0 bridgehead atoms. The lowest BCUT2D eigenvalue weighted by molar-refractivity contribution is 0.318. The summed E-state index contributed by atoms with van der Waals surface area (Å²) in [4.78, 5) is 0. The van der Waals surface area contributed by atoms with E-state index in [2.05, 4.69) is 5.10 Å². The fourth-order valence-corrected chi connectivity index (χ4v) is 2.51. The summed E-state index contributed by atoms with van der Waals surface area (Å²) in [5.74, 6) is 0.143. The lowest BCUT2D eigenvalue weighted by Gasteiger charge is -2.08. The number of aromatic nitrogens is 2. The Morgan fingerprint density at radius 2 is 1.62 bits per heavy atom. The van der Waals surface area contributed by atoms with E-state index in [4.69, 9.17) is 4.74 Å². The van der Waals surface area contributed by atoms with Gasteiger partial charge in [-0.3, -0.25) is 4.68 Å². The van der Waals surface area contributed by atoms with Crippen molar-refractivity contribution < 1.29 is 20.1 Å². The zero-order chi connectivity index (χ0) is 17.3. The second-order valence-electron chi connectivity index (χ2n) is 5.36. The lowest BCUT2D eigenvalue weighted by Crippen LogP contribution is -1.96. The average molecular weight is 326 g/mol. The van der Waals surface area contributed by atoms with Crippen LogP contribution < -0.4 is 4.74 Å². The van der Waals surface area contributed by atoms with Crippen LogP contribution in [0.25, 0.3) is 22.5 Å². The van der Waals surface area contributed by atoms with Crippen LogP contribution in [-0.4, -0.2) is 31.7 Å². The first kappa shape index (κ1) is 15.7. The van der Waals surface area contributed by atoms with Gasteiger partial charge in [-0.2, -0.15) is 5.10 Å². The molecule has 0 saturated heterocycles. The summed E-state index contributed by atoms with van der Waals surface area (Å²) >= 11 is 0. The molecule has 0 aliphatic heterocycles. The summed E-state index contributed by atoms with van der Waals surface area (Å²) in [5.41, 5.74) is 3.03. The van der Waals surface area contributed by atoms with E-state index >= 15 is 0 Å². The van der Waals surface area contributed by atoms with Crippen LogP contribution in [0.3, 0.4) is 0 Å². The van der Waals surface area contributed by atoms with Gasteiger partial charge in [0.05, 0.1) is 18.0 Å². The molecule has 0 atom stereocenters. The van der Waals surface area contributed by atoms with Crippen molar-refractivity contribution in [2.24, 2.45) is 7.05 Å². The minimum atomic E-state index is -0.192. The minimum Gasteiger partial charge on any atom is -0.504 e. The van der Waals surface area contributed by atoms with E-state index in [1.165, 1.54) is 12.1 Å². The summed E-state index contributed by atoms with van der Waals surface area (Å²) in [6.45, 7) is 2.31. The van der Waals surface area contributed by atoms with Gasteiger partial charge < -0.3 is 20.1 Å². The highest BCUT2D eigenvalue weighted by Gasteiger charge is 2.13. The molecule has 6 nitrogen and oxygen atoms in total. The van der Waals surface area contributed by atoms with Gasteiger partial charge in [0.15, 0.2) is 23.0 Å². The van der Waals surface area contributed by atoms with Crippen LogP contribution in [-0.2, 0) is 7.05 Å². The number of ether oxygens (including phenoxy) is 1. The van der Waals surface area contributed by atoms with Gasteiger partial charge in [-0.25, -0.2) is 0 Å². The Morgan fingerprint density at radius 1 is 0.917 bits per heavy atom. The zero-order valence-electron chi connectivity index (χ0n) is 13.4. The van der Waals surface area contributed by atoms with E-state index in [-0.39, 0.29) is 17.2 Å².